The van der Waals surface area contributed by atoms with E-state index in [4.69, 9.17) is 11.6 Å². The van der Waals surface area contributed by atoms with Crippen LogP contribution in [0.4, 0.5) is 57.1 Å². The van der Waals surface area contributed by atoms with Gasteiger partial charge in [-0.25, -0.2) is 14.4 Å². The number of hydrogen-bond acceptors (Lipinski definition) is 2. The fourth-order valence-electron chi connectivity index (χ4n) is 3.36. The molecule has 37 heavy (non-hydrogen) atoms. The van der Waals surface area contributed by atoms with Gasteiger partial charge in [0.05, 0.1) is 40.1 Å². The maximum absolute atomic E-state index is 14.7. The maximum Gasteiger partial charge on any atom is 0.416 e. The summed E-state index contributed by atoms with van der Waals surface area (Å²) in [6.45, 7) is 0. The van der Waals surface area contributed by atoms with Crippen molar-refractivity contribution in [2.45, 2.75) is 30.6 Å². The Morgan fingerprint density at radius 1 is 0.568 bits per heavy atom. The van der Waals surface area contributed by atoms with Crippen LogP contribution >= 0.6 is 11.6 Å². The van der Waals surface area contributed by atoms with Gasteiger partial charge in [0.1, 0.15) is 0 Å². The molecule has 0 saturated carbocycles. The van der Waals surface area contributed by atoms with Crippen LogP contribution in [0.1, 0.15) is 45.0 Å². The molecule has 0 bridgehead atoms. The van der Waals surface area contributed by atoms with Gasteiger partial charge in [0.2, 0.25) is 5.28 Å². The normalized spacial score (nSPS) is 13.4. The lowest BCUT2D eigenvalue weighted by atomic mass is 9.84. The van der Waals surface area contributed by atoms with Crippen LogP contribution in [0, 0.1) is 5.82 Å². The predicted molar refractivity (Wildman–Crippen MR) is 101 cm³/mol. The third-order valence-corrected chi connectivity index (χ3v) is 5.08. The van der Waals surface area contributed by atoms with E-state index in [0.717, 1.165) is 0 Å². The summed E-state index contributed by atoms with van der Waals surface area (Å²) in [5, 5.41) is -0.840. The number of aromatic nitrogens is 2. The highest BCUT2D eigenvalue weighted by molar-refractivity contribution is 6.28. The Morgan fingerprint density at radius 2 is 0.892 bits per heavy atom. The molecule has 3 rings (SSSR count). The zero-order chi connectivity index (χ0) is 28.1. The summed E-state index contributed by atoms with van der Waals surface area (Å²) in [6, 6.07) is -0.522. The van der Waals surface area contributed by atoms with Crippen molar-refractivity contribution in [2.24, 2.45) is 0 Å². The molecule has 2 nitrogen and oxygen atoms in total. The Bertz CT molecular complexity index is 1170. The molecule has 200 valence electrons. The number of benzene rings is 2. The van der Waals surface area contributed by atoms with E-state index in [1.54, 1.807) is 0 Å². The summed E-state index contributed by atoms with van der Waals surface area (Å²) >= 11 is 5.54. The van der Waals surface area contributed by atoms with Gasteiger partial charge in [-0.2, -0.15) is 52.7 Å². The number of rotatable bonds is 3. The van der Waals surface area contributed by atoms with Crippen LogP contribution in [0.5, 0.6) is 0 Å². The van der Waals surface area contributed by atoms with Crippen LogP contribution in [0.2, 0.25) is 5.28 Å². The van der Waals surface area contributed by atoms with Crippen LogP contribution in [0.25, 0.3) is 0 Å². The molecule has 0 N–H and O–H groups in total. The lowest BCUT2D eigenvalue weighted by Crippen LogP contribution is -2.17. The van der Waals surface area contributed by atoms with Crippen LogP contribution in [0.15, 0.2) is 42.6 Å². The molecule has 3 aromatic rings. The van der Waals surface area contributed by atoms with Crippen LogP contribution in [0.3, 0.4) is 0 Å². The van der Waals surface area contributed by atoms with Crippen LogP contribution in [-0.4, -0.2) is 9.97 Å². The largest absolute Gasteiger partial charge is 0.416 e. The second kappa shape index (κ2) is 9.33. The van der Waals surface area contributed by atoms with Gasteiger partial charge in [-0.1, -0.05) is 0 Å². The lowest BCUT2D eigenvalue weighted by Gasteiger charge is -2.23. The molecule has 16 heteroatoms. The lowest BCUT2D eigenvalue weighted by molar-refractivity contribution is -0.144. The van der Waals surface area contributed by atoms with Crippen molar-refractivity contribution in [3.63, 3.8) is 0 Å². The van der Waals surface area contributed by atoms with Gasteiger partial charge in [-0.05, 0) is 59.1 Å². The molecule has 0 aliphatic carbocycles. The van der Waals surface area contributed by atoms with Crippen molar-refractivity contribution < 1.29 is 57.1 Å². The third-order valence-electron chi connectivity index (χ3n) is 4.90. The van der Waals surface area contributed by atoms with E-state index < -0.39 is 80.8 Å². The molecule has 2 aromatic carbocycles. The van der Waals surface area contributed by atoms with Crippen molar-refractivity contribution in [3.8, 4) is 0 Å². The minimum Gasteiger partial charge on any atom is -0.223 e. The number of alkyl halides is 12. The second-order valence-electron chi connectivity index (χ2n) is 7.48. The highest BCUT2D eigenvalue weighted by Crippen LogP contribution is 2.44. The van der Waals surface area contributed by atoms with E-state index in [1.165, 1.54) is 0 Å². The molecule has 0 spiro atoms. The Labute approximate surface area is 202 Å². The average Bonchev–Trinajstić information content (AvgIpc) is 2.73. The molecule has 1 aromatic heterocycles. The van der Waals surface area contributed by atoms with E-state index in [9.17, 15) is 57.1 Å². The van der Waals surface area contributed by atoms with Crippen molar-refractivity contribution in [3.05, 3.63) is 92.8 Å². The minimum absolute atomic E-state index is 0.0306. The smallest absolute Gasteiger partial charge is 0.223 e. The predicted octanol–water partition coefficient (Wildman–Crippen LogP) is 8.52. The molecule has 0 saturated heterocycles. The van der Waals surface area contributed by atoms with Crippen molar-refractivity contribution in [1.29, 1.82) is 0 Å². The standard InChI is InChI=1S/C21H8ClF13N2/c22-17-36-7-14(23)16(37-17)15(8-1-10(18(24,25)26)5-11(2-8)19(27,28)29)9-3-12(20(30,31)32)6-13(4-9)21(33,34)35/h1-7,15H. The first-order valence-electron chi connectivity index (χ1n) is 9.44. The summed E-state index contributed by atoms with van der Waals surface area (Å²) in [5.41, 5.74) is -11.3. The molecule has 0 fully saturated rings. The fourth-order valence-corrected chi connectivity index (χ4v) is 3.50. The second-order valence-corrected chi connectivity index (χ2v) is 7.82. The van der Waals surface area contributed by atoms with E-state index in [1.807, 2.05) is 0 Å². The summed E-state index contributed by atoms with van der Waals surface area (Å²) in [7, 11) is 0. The van der Waals surface area contributed by atoms with Gasteiger partial charge >= 0.3 is 24.7 Å². The van der Waals surface area contributed by atoms with Gasteiger partial charge in [0.15, 0.2) is 5.82 Å². The van der Waals surface area contributed by atoms with Crippen molar-refractivity contribution >= 4 is 11.6 Å². The molecular formula is C21H8ClF13N2. The topological polar surface area (TPSA) is 25.8 Å². The molecule has 0 amide bonds. The first-order chi connectivity index (χ1) is 16.7. The zero-order valence-corrected chi connectivity index (χ0v) is 18.1. The summed E-state index contributed by atoms with van der Waals surface area (Å²) < 4.78 is 175. The van der Waals surface area contributed by atoms with Gasteiger partial charge in [-0.15, -0.1) is 0 Å². The first-order valence-corrected chi connectivity index (χ1v) is 9.82. The average molecular weight is 571 g/mol. The summed E-state index contributed by atoms with van der Waals surface area (Å²) in [5.74, 6) is -4.02. The first kappa shape index (κ1) is 28.5. The van der Waals surface area contributed by atoms with Crippen molar-refractivity contribution in [2.75, 3.05) is 0 Å². The Hall–Kier alpha value is -3.10. The van der Waals surface area contributed by atoms with Crippen molar-refractivity contribution in [1.82, 2.24) is 9.97 Å². The minimum atomic E-state index is -5.44. The quantitative estimate of drug-likeness (QED) is 0.233. The third kappa shape index (κ3) is 6.43. The van der Waals surface area contributed by atoms with E-state index >= 15 is 0 Å². The van der Waals surface area contributed by atoms with Crippen LogP contribution < -0.4 is 0 Å². The highest BCUT2D eigenvalue weighted by Gasteiger charge is 2.41. The Kier molecular flexibility index (Phi) is 7.18. The number of halogens is 14. The van der Waals surface area contributed by atoms with E-state index in [-0.39, 0.29) is 36.4 Å². The Balaban J connectivity index is 2.48. The van der Waals surface area contributed by atoms with E-state index in [2.05, 4.69) is 9.97 Å². The monoisotopic (exact) mass is 570 g/mol. The maximum atomic E-state index is 14.7. The summed E-state index contributed by atoms with van der Waals surface area (Å²) in [6.07, 6.45) is -21.4. The zero-order valence-electron chi connectivity index (χ0n) is 17.3. The summed E-state index contributed by atoms with van der Waals surface area (Å²) in [4.78, 5) is 6.54. The Morgan fingerprint density at radius 3 is 1.19 bits per heavy atom. The van der Waals surface area contributed by atoms with Gasteiger partial charge in [0.25, 0.3) is 0 Å². The molecular weight excluding hydrogens is 563 g/mol. The molecule has 0 aliphatic heterocycles. The van der Waals surface area contributed by atoms with Gasteiger partial charge in [0, 0.05) is 0 Å². The number of nitrogens with zero attached hydrogens (tertiary/aromatic N) is 2. The molecule has 0 radical (unpaired) electrons. The molecule has 1 heterocycles. The highest BCUT2D eigenvalue weighted by atomic mass is 35.5. The number of hydrogen-bond donors (Lipinski definition) is 0. The van der Waals surface area contributed by atoms with Crippen LogP contribution in [-0.2, 0) is 24.7 Å². The van der Waals surface area contributed by atoms with Gasteiger partial charge < -0.3 is 0 Å². The van der Waals surface area contributed by atoms with Gasteiger partial charge in [-0.3, -0.25) is 0 Å². The fraction of sp³-hybridized carbons (Fsp3) is 0.238. The van der Waals surface area contributed by atoms with E-state index in [0.29, 0.717) is 6.20 Å². The molecule has 0 atom stereocenters. The molecule has 0 unspecified atom stereocenters. The SMILES string of the molecule is Fc1cnc(Cl)nc1C(c1cc(C(F)(F)F)cc(C(F)(F)F)c1)c1cc(C(F)(F)F)cc(C(F)(F)F)c1. The molecule has 0 aliphatic rings.